The highest BCUT2D eigenvalue weighted by Crippen LogP contribution is 2.77. The number of hydrogen-bond donors (Lipinski definition) is 3. The van der Waals surface area contributed by atoms with E-state index in [4.69, 9.17) is 0 Å². The molecule has 4 heteroatoms. The molecule has 4 nitrogen and oxygen atoms in total. The molecule has 0 aromatic rings. The monoisotopic (exact) mass is 474 g/mol. The summed E-state index contributed by atoms with van der Waals surface area (Å²) in [5.41, 5.74) is -1.46. The number of fused-ring (bicyclic) bond motifs is 7. The maximum Gasteiger partial charge on any atom is 0.141 e. The summed E-state index contributed by atoms with van der Waals surface area (Å²) in [5.74, 6) is 1.30. The van der Waals surface area contributed by atoms with Gasteiger partial charge in [-0.3, -0.25) is 4.79 Å². The van der Waals surface area contributed by atoms with Crippen molar-refractivity contribution in [3.05, 3.63) is 0 Å². The number of aliphatic hydroxyl groups is 3. The molecule has 0 aromatic heterocycles. The lowest BCUT2D eigenvalue weighted by Crippen LogP contribution is -2.72. The standard InChI is InChI=1S/C30H50O4/c1-25(2)20-10-12-29(7)24(30(20,8)22(33)16-21(25)32)19(31)15-18-23-17(26(3,4)34)9-11-27(23,5)13-14-28(18,29)6/h17-20,22-24,31,33-34H,9-16H2,1-8H3/t17-,18-,19-,20+,22-,23-,24+,27-,28-,29-,30-/m1/s1. The minimum atomic E-state index is -0.711. The zero-order valence-electron chi connectivity index (χ0n) is 22.9. The van der Waals surface area contributed by atoms with Gasteiger partial charge in [-0.25, -0.2) is 0 Å². The molecule has 0 spiro atoms. The van der Waals surface area contributed by atoms with Gasteiger partial charge in [-0.2, -0.15) is 0 Å². The summed E-state index contributed by atoms with van der Waals surface area (Å²) in [6.45, 7) is 17.7. The van der Waals surface area contributed by atoms with Crippen LogP contribution < -0.4 is 0 Å². The van der Waals surface area contributed by atoms with Crippen molar-refractivity contribution in [3.8, 4) is 0 Å². The van der Waals surface area contributed by atoms with E-state index in [0.29, 0.717) is 11.8 Å². The van der Waals surface area contributed by atoms with Gasteiger partial charge < -0.3 is 15.3 Å². The molecule has 0 aromatic carbocycles. The third-order valence-corrected chi connectivity index (χ3v) is 13.6. The van der Waals surface area contributed by atoms with E-state index in [1.807, 2.05) is 13.8 Å². The van der Waals surface area contributed by atoms with Crippen LogP contribution >= 0.6 is 0 Å². The van der Waals surface area contributed by atoms with Gasteiger partial charge in [0, 0.05) is 17.3 Å². The molecule has 0 amide bonds. The van der Waals surface area contributed by atoms with Crippen molar-refractivity contribution < 1.29 is 20.1 Å². The molecule has 5 aliphatic carbocycles. The minimum Gasteiger partial charge on any atom is -0.393 e. The Morgan fingerprint density at radius 3 is 2.15 bits per heavy atom. The summed E-state index contributed by atoms with van der Waals surface area (Å²) >= 11 is 0. The Morgan fingerprint density at radius 1 is 0.882 bits per heavy atom. The molecule has 5 saturated carbocycles. The van der Waals surface area contributed by atoms with Crippen LogP contribution in [0.3, 0.4) is 0 Å². The van der Waals surface area contributed by atoms with Gasteiger partial charge in [0.1, 0.15) is 5.78 Å². The first-order chi connectivity index (χ1) is 15.4. The Labute approximate surface area is 207 Å². The molecule has 5 rings (SSSR count). The molecule has 5 fully saturated rings. The molecule has 11 atom stereocenters. The fraction of sp³-hybridized carbons (Fsp3) is 0.967. The van der Waals surface area contributed by atoms with Gasteiger partial charge in [0.15, 0.2) is 0 Å². The summed E-state index contributed by atoms with van der Waals surface area (Å²) in [7, 11) is 0. The SMILES string of the molecule is CC(C)(O)[C@@H]1CC[C@]2(C)CC[C@]3(C)[C@H](C[C@@H](O)[C@@H]4[C@@]5(C)[C@H](O)CC(=O)C(C)(C)[C@@H]5CC[C@]43C)[C@@H]12. The van der Waals surface area contributed by atoms with Crippen LogP contribution in [0, 0.1) is 56.7 Å². The third kappa shape index (κ3) is 2.86. The average molecular weight is 475 g/mol. The zero-order chi connectivity index (χ0) is 25.3. The van der Waals surface area contributed by atoms with Gasteiger partial charge in [-0.05, 0) is 105 Å². The lowest BCUT2D eigenvalue weighted by Gasteiger charge is -2.73. The molecule has 0 aliphatic heterocycles. The van der Waals surface area contributed by atoms with Crippen molar-refractivity contribution in [2.75, 3.05) is 0 Å². The topological polar surface area (TPSA) is 77.8 Å². The molecular formula is C30H50O4. The summed E-state index contributed by atoms with van der Waals surface area (Å²) in [6, 6.07) is 0. The van der Waals surface area contributed by atoms with Gasteiger partial charge in [-0.15, -0.1) is 0 Å². The molecule has 0 heterocycles. The lowest BCUT2D eigenvalue weighted by atomic mass is 9.31. The number of ketones is 1. The third-order valence-electron chi connectivity index (χ3n) is 13.6. The first kappa shape index (κ1) is 25.2. The molecule has 3 N–H and O–H groups in total. The van der Waals surface area contributed by atoms with E-state index in [-0.39, 0.29) is 46.2 Å². The molecule has 5 aliphatic rings. The van der Waals surface area contributed by atoms with Gasteiger partial charge in [0.25, 0.3) is 0 Å². The number of carbonyl (C=O) groups excluding carboxylic acids is 1. The highest BCUT2D eigenvalue weighted by molar-refractivity contribution is 5.86. The maximum atomic E-state index is 13.0. The van der Waals surface area contributed by atoms with Crippen molar-refractivity contribution in [1.29, 1.82) is 0 Å². The Hall–Kier alpha value is -0.450. The lowest BCUT2D eigenvalue weighted by molar-refractivity contribution is -0.285. The fourth-order valence-corrected chi connectivity index (χ4v) is 11.5. The summed E-state index contributed by atoms with van der Waals surface area (Å²) in [4.78, 5) is 13.0. The number of aliphatic hydroxyl groups excluding tert-OH is 2. The first-order valence-corrected chi connectivity index (χ1v) is 14.1. The van der Waals surface area contributed by atoms with E-state index < -0.39 is 28.6 Å². The second-order valence-corrected chi connectivity index (χ2v) is 15.5. The molecule has 0 radical (unpaired) electrons. The van der Waals surface area contributed by atoms with Crippen LogP contribution in [0.4, 0.5) is 0 Å². The van der Waals surface area contributed by atoms with Crippen LogP contribution in [0.5, 0.6) is 0 Å². The number of rotatable bonds is 1. The van der Waals surface area contributed by atoms with E-state index in [2.05, 4.69) is 41.5 Å². The van der Waals surface area contributed by atoms with E-state index >= 15 is 0 Å². The van der Waals surface area contributed by atoms with Crippen molar-refractivity contribution >= 4 is 5.78 Å². The smallest absolute Gasteiger partial charge is 0.141 e. The molecule has 34 heavy (non-hydrogen) atoms. The predicted molar refractivity (Wildman–Crippen MR) is 134 cm³/mol. The second kappa shape index (κ2) is 7.10. The van der Waals surface area contributed by atoms with Crippen LogP contribution in [-0.2, 0) is 4.79 Å². The molecule has 0 bridgehead atoms. The van der Waals surface area contributed by atoms with Crippen molar-refractivity contribution in [1.82, 2.24) is 0 Å². The van der Waals surface area contributed by atoms with Crippen LogP contribution in [0.2, 0.25) is 0 Å². The van der Waals surface area contributed by atoms with Gasteiger partial charge >= 0.3 is 0 Å². The highest BCUT2D eigenvalue weighted by atomic mass is 16.3. The molecule has 194 valence electrons. The van der Waals surface area contributed by atoms with E-state index in [1.54, 1.807) is 0 Å². The summed E-state index contributed by atoms with van der Waals surface area (Å²) in [5, 5.41) is 34.7. The Kier molecular flexibility index (Phi) is 5.26. The predicted octanol–water partition coefficient (Wildman–Crippen LogP) is 5.37. The molecular weight excluding hydrogens is 424 g/mol. The maximum absolute atomic E-state index is 13.0. The highest BCUT2D eigenvalue weighted by Gasteiger charge is 2.74. The van der Waals surface area contributed by atoms with Crippen LogP contribution in [0.1, 0.15) is 107 Å². The Morgan fingerprint density at radius 2 is 1.53 bits per heavy atom. The van der Waals surface area contributed by atoms with Crippen molar-refractivity contribution in [3.63, 3.8) is 0 Å². The Balaban J connectivity index is 1.61. The van der Waals surface area contributed by atoms with Gasteiger partial charge in [0.2, 0.25) is 0 Å². The van der Waals surface area contributed by atoms with Crippen LogP contribution in [-0.4, -0.2) is 38.9 Å². The Bertz CT molecular complexity index is 874. The molecule has 0 saturated heterocycles. The van der Waals surface area contributed by atoms with Crippen LogP contribution in [0.25, 0.3) is 0 Å². The zero-order valence-corrected chi connectivity index (χ0v) is 22.9. The number of carbonyl (C=O) groups is 1. The summed E-state index contributed by atoms with van der Waals surface area (Å²) in [6.07, 6.45) is 6.31. The largest absolute Gasteiger partial charge is 0.393 e. The number of hydrogen-bond acceptors (Lipinski definition) is 4. The normalized spacial score (nSPS) is 56.8. The van der Waals surface area contributed by atoms with E-state index in [0.717, 1.165) is 32.1 Å². The molecule has 0 unspecified atom stereocenters. The van der Waals surface area contributed by atoms with Crippen molar-refractivity contribution in [2.45, 2.75) is 125 Å². The van der Waals surface area contributed by atoms with Gasteiger partial charge in [0.05, 0.1) is 17.8 Å². The van der Waals surface area contributed by atoms with Crippen molar-refractivity contribution in [2.24, 2.45) is 56.7 Å². The first-order valence-electron chi connectivity index (χ1n) is 14.1. The second-order valence-electron chi connectivity index (χ2n) is 15.5. The fourth-order valence-electron chi connectivity index (χ4n) is 11.5. The van der Waals surface area contributed by atoms with E-state index in [9.17, 15) is 20.1 Å². The number of Topliss-reactive ketones (excluding diaryl/α,β-unsaturated/α-hetero) is 1. The minimum absolute atomic E-state index is 0.0197. The summed E-state index contributed by atoms with van der Waals surface area (Å²) < 4.78 is 0. The van der Waals surface area contributed by atoms with Crippen LogP contribution in [0.15, 0.2) is 0 Å². The van der Waals surface area contributed by atoms with Gasteiger partial charge in [-0.1, -0.05) is 41.5 Å². The quantitative estimate of drug-likeness (QED) is 0.477. The average Bonchev–Trinajstić information content (AvgIpc) is 3.06. The van der Waals surface area contributed by atoms with E-state index in [1.165, 1.54) is 12.8 Å².